The van der Waals surface area contributed by atoms with Crippen LogP contribution >= 0.6 is 0 Å². The van der Waals surface area contributed by atoms with E-state index in [2.05, 4.69) is 5.10 Å². The van der Waals surface area contributed by atoms with Crippen LogP contribution in [0.15, 0.2) is 65.6 Å². The summed E-state index contributed by atoms with van der Waals surface area (Å²) in [4.78, 5) is 9.98. The highest BCUT2D eigenvalue weighted by molar-refractivity contribution is 7.87. The Labute approximate surface area is 162 Å². The maximum atomic E-state index is 12.7. The third-order valence-corrected chi connectivity index (χ3v) is 5.22. The molecule has 3 rings (SSSR count). The molecule has 8 nitrogen and oxygen atoms in total. The van der Waals surface area contributed by atoms with Crippen LogP contribution in [0.5, 0.6) is 5.88 Å². The number of non-ortho nitro benzene ring substituents is 1. The molecule has 0 aliphatic carbocycles. The molecule has 1 aromatic heterocycles. The minimum Gasteiger partial charge on any atom is -0.358 e. The molecule has 0 saturated carbocycles. The molecular formula is C19H19N3O5S. The highest BCUT2D eigenvalue weighted by atomic mass is 32.2. The number of hydrogen-bond acceptors (Lipinski definition) is 6. The average molecular weight is 401 g/mol. The molecule has 0 aliphatic heterocycles. The lowest BCUT2D eigenvalue weighted by Gasteiger charge is -2.13. The number of nitro groups is 1. The van der Waals surface area contributed by atoms with Crippen LogP contribution < -0.4 is 4.18 Å². The van der Waals surface area contributed by atoms with E-state index in [1.807, 2.05) is 39.0 Å². The van der Waals surface area contributed by atoms with E-state index in [1.54, 1.807) is 18.2 Å². The fraction of sp³-hybridized carbons (Fsp3) is 0.211. The third-order valence-electron chi connectivity index (χ3n) is 3.98. The summed E-state index contributed by atoms with van der Waals surface area (Å²) in [6.07, 6.45) is 0. The van der Waals surface area contributed by atoms with Gasteiger partial charge in [-0.25, -0.2) is 0 Å². The van der Waals surface area contributed by atoms with E-state index >= 15 is 0 Å². The summed E-state index contributed by atoms with van der Waals surface area (Å²) in [6.45, 7) is 5.87. The summed E-state index contributed by atoms with van der Waals surface area (Å²) < 4.78 is 32.2. The van der Waals surface area contributed by atoms with E-state index < -0.39 is 15.0 Å². The minimum absolute atomic E-state index is 0.0366. The second-order valence-electron chi connectivity index (χ2n) is 7.15. The first-order chi connectivity index (χ1) is 13.1. The second kappa shape index (κ2) is 7.08. The van der Waals surface area contributed by atoms with Crippen molar-refractivity contribution in [2.75, 3.05) is 0 Å². The highest BCUT2D eigenvalue weighted by Gasteiger charge is 2.25. The van der Waals surface area contributed by atoms with Crippen LogP contribution in [-0.4, -0.2) is 23.1 Å². The van der Waals surface area contributed by atoms with Gasteiger partial charge in [-0.1, -0.05) is 39.0 Å². The summed E-state index contributed by atoms with van der Waals surface area (Å²) >= 11 is 0. The number of nitrogens with zero attached hydrogens (tertiary/aromatic N) is 3. The number of benzene rings is 2. The fourth-order valence-corrected chi connectivity index (χ4v) is 3.35. The van der Waals surface area contributed by atoms with Gasteiger partial charge in [-0.05, 0) is 24.3 Å². The molecule has 0 radical (unpaired) electrons. The largest absolute Gasteiger partial charge is 0.358 e. The van der Waals surface area contributed by atoms with E-state index in [0.717, 1.165) is 24.3 Å². The predicted molar refractivity (Wildman–Crippen MR) is 103 cm³/mol. The van der Waals surface area contributed by atoms with Gasteiger partial charge in [0, 0.05) is 23.6 Å². The molecule has 0 saturated heterocycles. The lowest BCUT2D eigenvalue weighted by Crippen LogP contribution is -2.13. The van der Waals surface area contributed by atoms with Crippen molar-refractivity contribution in [3.63, 3.8) is 0 Å². The molecule has 0 N–H and O–H groups in total. The molecule has 0 unspecified atom stereocenters. The van der Waals surface area contributed by atoms with E-state index in [9.17, 15) is 18.5 Å². The van der Waals surface area contributed by atoms with Gasteiger partial charge in [0.05, 0.1) is 16.3 Å². The van der Waals surface area contributed by atoms with E-state index in [4.69, 9.17) is 4.18 Å². The molecular weight excluding hydrogens is 382 g/mol. The zero-order valence-corrected chi connectivity index (χ0v) is 16.4. The van der Waals surface area contributed by atoms with Crippen LogP contribution in [0.3, 0.4) is 0 Å². The van der Waals surface area contributed by atoms with Crippen molar-refractivity contribution in [3.05, 3.63) is 76.5 Å². The number of hydrogen-bond donors (Lipinski definition) is 0. The van der Waals surface area contributed by atoms with Gasteiger partial charge in [-0.2, -0.15) is 18.2 Å². The molecule has 0 bridgehead atoms. The van der Waals surface area contributed by atoms with Crippen molar-refractivity contribution < 1.29 is 17.5 Å². The summed E-state index contributed by atoms with van der Waals surface area (Å²) in [5.74, 6) is 0.0366. The van der Waals surface area contributed by atoms with E-state index in [1.165, 1.54) is 4.68 Å². The maximum Gasteiger partial charge on any atom is 0.340 e. The van der Waals surface area contributed by atoms with Crippen molar-refractivity contribution in [2.24, 2.45) is 0 Å². The molecule has 146 valence electrons. The van der Waals surface area contributed by atoms with Crippen molar-refractivity contribution in [1.82, 2.24) is 9.78 Å². The standard InChI is InChI=1S/C19H19N3O5S/c1-19(2,3)17-13-18(21(20-17)14-7-5-4-6-8-14)27-28(25,26)16-11-9-15(10-12-16)22(23)24/h4-13H,1-3H3. The number of para-hydroxylation sites is 1. The Bertz CT molecular complexity index is 1100. The number of aromatic nitrogens is 2. The first kappa shape index (κ1) is 19.6. The Kier molecular flexibility index (Phi) is 4.95. The monoisotopic (exact) mass is 401 g/mol. The molecule has 0 fully saturated rings. The van der Waals surface area contributed by atoms with Crippen molar-refractivity contribution in [1.29, 1.82) is 0 Å². The van der Waals surface area contributed by atoms with Crippen LogP contribution in [0.1, 0.15) is 26.5 Å². The van der Waals surface area contributed by atoms with Gasteiger partial charge in [0.25, 0.3) is 5.69 Å². The molecule has 9 heteroatoms. The molecule has 0 spiro atoms. The Balaban J connectivity index is 2.03. The number of rotatable bonds is 5. The summed E-state index contributed by atoms with van der Waals surface area (Å²) in [5, 5.41) is 15.3. The van der Waals surface area contributed by atoms with Gasteiger partial charge in [-0.15, -0.1) is 0 Å². The topological polar surface area (TPSA) is 104 Å². The fourth-order valence-electron chi connectivity index (χ4n) is 2.44. The van der Waals surface area contributed by atoms with Gasteiger partial charge >= 0.3 is 10.1 Å². The summed E-state index contributed by atoms with van der Waals surface area (Å²) in [6, 6.07) is 15.1. The SMILES string of the molecule is CC(C)(C)c1cc(OS(=O)(=O)c2ccc([N+](=O)[O-])cc2)n(-c2ccccc2)n1. The maximum absolute atomic E-state index is 12.7. The van der Waals surface area contributed by atoms with Gasteiger partial charge < -0.3 is 4.18 Å². The second-order valence-corrected chi connectivity index (χ2v) is 8.70. The predicted octanol–water partition coefficient (Wildman–Crippen LogP) is 3.85. The Hall–Kier alpha value is -3.20. The van der Waals surface area contributed by atoms with Crippen molar-refractivity contribution in [2.45, 2.75) is 31.1 Å². The first-order valence-electron chi connectivity index (χ1n) is 8.43. The van der Waals surface area contributed by atoms with E-state index in [0.29, 0.717) is 11.4 Å². The van der Waals surface area contributed by atoms with Gasteiger partial charge in [0.15, 0.2) is 0 Å². The highest BCUT2D eigenvalue weighted by Crippen LogP contribution is 2.29. The average Bonchev–Trinajstić information content (AvgIpc) is 3.06. The van der Waals surface area contributed by atoms with Crippen LogP contribution in [0, 0.1) is 10.1 Å². The molecule has 28 heavy (non-hydrogen) atoms. The van der Waals surface area contributed by atoms with Crippen LogP contribution in [0.4, 0.5) is 5.69 Å². The van der Waals surface area contributed by atoms with Crippen molar-refractivity contribution in [3.8, 4) is 11.6 Å². The lowest BCUT2D eigenvalue weighted by atomic mass is 9.93. The van der Waals surface area contributed by atoms with Gasteiger partial charge in [0.2, 0.25) is 5.88 Å². The third kappa shape index (κ3) is 4.04. The molecule has 2 aromatic carbocycles. The summed E-state index contributed by atoms with van der Waals surface area (Å²) in [7, 11) is -4.20. The molecule has 0 amide bonds. The Morgan fingerprint density at radius 3 is 2.18 bits per heavy atom. The Morgan fingerprint density at radius 1 is 1.04 bits per heavy atom. The summed E-state index contributed by atoms with van der Waals surface area (Å²) in [5.41, 5.74) is 0.773. The Morgan fingerprint density at radius 2 is 1.64 bits per heavy atom. The normalized spacial score (nSPS) is 12.0. The smallest absolute Gasteiger partial charge is 0.340 e. The lowest BCUT2D eigenvalue weighted by molar-refractivity contribution is -0.384. The molecule has 0 aliphatic rings. The quantitative estimate of drug-likeness (QED) is 0.365. The first-order valence-corrected chi connectivity index (χ1v) is 9.84. The zero-order chi connectivity index (χ0) is 20.5. The van der Waals surface area contributed by atoms with Crippen molar-refractivity contribution >= 4 is 15.8 Å². The zero-order valence-electron chi connectivity index (χ0n) is 15.6. The van der Waals surface area contributed by atoms with Crippen LogP contribution in [-0.2, 0) is 15.5 Å². The molecule has 1 heterocycles. The van der Waals surface area contributed by atoms with Gasteiger partial charge in [0.1, 0.15) is 4.90 Å². The van der Waals surface area contributed by atoms with E-state index in [-0.39, 0.29) is 21.9 Å². The minimum atomic E-state index is -4.20. The molecule has 0 atom stereocenters. The number of nitro benzene ring substituents is 1. The van der Waals surface area contributed by atoms with Crippen LogP contribution in [0.25, 0.3) is 5.69 Å². The molecule has 3 aromatic rings. The van der Waals surface area contributed by atoms with Gasteiger partial charge in [-0.3, -0.25) is 10.1 Å². The van der Waals surface area contributed by atoms with Crippen LogP contribution in [0.2, 0.25) is 0 Å².